The van der Waals surface area contributed by atoms with Crippen molar-refractivity contribution in [2.45, 2.75) is 32.0 Å². The molecule has 1 N–H and O–H groups in total. The van der Waals surface area contributed by atoms with E-state index < -0.39 is 5.97 Å². The van der Waals surface area contributed by atoms with E-state index >= 15 is 0 Å². The van der Waals surface area contributed by atoms with Gasteiger partial charge in [0.1, 0.15) is 5.82 Å². The third-order valence-corrected chi connectivity index (χ3v) is 4.82. The van der Waals surface area contributed by atoms with Gasteiger partial charge < -0.3 is 5.11 Å². The second-order valence-electron chi connectivity index (χ2n) is 4.21. The Morgan fingerprint density at radius 3 is 2.79 bits per heavy atom. The first-order valence-corrected chi connectivity index (χ1v) is 7.61. The number of hydrogen-bond donors (Lipinski definition) is 1. The Morgan fingerprint density at radius 2 is 2.21 bits per heavy atom. The molecule has 0 aliphatic carbocycles. The first-order chi connectivity index (χ1) is 8.99. The molecule has 102 valence electrons. The van der Waals surface area contributed by atoms with Gasteiger partial charge in [0.05, 0.1) is 11.8 Å². The molecule has 1 unspecified atom stereocenters. The maximum atomic E-state index is 10.7. The van der Waals surface area contributed by atoms with Crippen LogP contribution in [-0.2, 0) is 4.79 Å². The molecule has 2 aromatic rings. The van der Waals surface area contributed by atoms with Crippen LogP contribution in [0.4, 0.5) is 0 Å². The molecule has 0 saturated carbocycles. The first kappa shape index (κ1) is 14.1. The smallest absolute Gasteiger partial charge is 0.313 e. The van der Waals surface area contributed by atoms with Crippen molar-refractivity contribution in [2.75, 3.05) is 5.75 Å². The summed E-state index contributed by atoms with van der Waals surface area (Å²) in [6.07, 6.45) is 0. The number of aliphatic carboxylic acids is 1. The minimum atomic E-state index is -0.850. The highest BCUT2D eigenvalue weighted by molar-refractivity contribution is 7.99. The van der Waals surface area contributed by atoms with E-state index in [1.807, 2.05) is 11.5 Å². The summed E-state index contributed by atoms with van der Waals surface area (Å²) in [6.45, 7) is 6.03. The lowest BCUT2D eigenvalue weighted by atomic mass is 10.2. The Hall–Kier alpha value is -1.34. The molecule has 2 heterocycles. The average Bonchev–Trinajstić information content (AvgIpc) is 2.92. The topological polar surface area (TPSA) is 68.0 Å². The summed E-state index contributed by atoms with van der Waals surface area (Å²) in [6, 6.07) is 4.29. The average molecular weight is 297 g/mol. The van der Waals surface area contributed by atoms with Crippen LogP contribution in [0.5, 0.6) is 0 Å². The molecule has 0 amide bonds. The Labute approximate surface area is 119 Å². The molecule has 0 aromatic carbocycles. The van der Waals surface area contributed by atoms with Gasteiger partial charge in [-0.15, -0.1) is 21.5 Å². The van der Waals surface area contributed by atoms with E-state index in [4.69, 9.17) is 5.11 Å². The molecular weight excluding hydrogens is 282 g/mol. The summed E-state index contributed by atoms with van der Waals surface area (Å²) in [5.74, 6) is -0.0582. The number of hydrogen-bond acceptors (Lipinski definition) is 5. The highest BCUT2D eigenvalue weighted by Gasteiger charge is 2.18. The zero-order chi connectivity index (χ0) is 14.0. The molecular formula is C12H15N3O2S2. The second kappa shape index (κ2) is 5.75. The monoisotopic (exact) mass is 297 g/mol. The molecule has 0 bridgehead atoms. The van der Waals surface area contributed by atoms with Crippen LogP contribution in [0.1, 0.15) is 28.5 Å². The summed E-state index contributed by atoms with van der Waals surface area (Å²) in [5, 5.41) is 17.5. The zero-order valence-electron chi connectivity index (χ0n) is 11.0. The van der Waals surface area contributed by atoms with E-state index in [1.54, 1.807) is 11.3 Å². The van der Waals surface area contributed by atoms with Crippen molar-refractivity contribution < 1.29 is 9.90 Å². The van der Waals surface area contributed by atoms with Gasteiger partial charge in [-0.05, 0) is 32.9 Å². The van der Waals surface area contributed by atoms with Crippen molar-refractivity contribution >= 4 is 29.1 Å². The van der Waals surface area contributed by atoms with Crippen LogP contribution in [0, 0.1) is 13.8 Å². The van der Waals surface area contributed by atoms with E-state index in [9.17, 15) is 4.79 Å². The maximum Gasteiger partial charge on any atom is 0.313 e. The Kier molecular flexibility index (Phi) is 4.26. The van der Waals surface area contributed by atoms with Crippen molar-refractivity contribution in [1.82, 2.24) is 14.8 Å². The minimum absolute atomic E-state index is 0.00563. The van der Waals surface area contributed by atoms with E-state index in [-0.39, 0.29) is 11.8 Å². The molecule has 5 nitrogen and oxygen atoms in total. The standard InChI is InChI=1S/C12H15N3O2S2/c1-7-4-5-10(19-7)8(2)15-9(3)13-14-12(15)18-6-11(16)17/h4-5,8H,6H2,1-3H3,(H,16,17). The number of nitrogens with zero attached hydrogens (tertiary/aromatic N) is 3. The van der Waals surface area contributed by atoms with E-state index in [1.165, 1.54) is 21.5 Å². The SMILES string of the molecule is Cc1ccc(C(C)n2c(C)nnc2SCC(=O)O)s1. The third-order valence-electron chi connectivity index (χ3n) is 2.72. The van der Waals surface area contributed by atoms with Crippen LogP contribution in [-0.4, -0.2) is 31.6 Å². The van der Waals surface area contributed by atoms with Crippen LogP contribution in [0.3, 0.4) is 0 Å². The molecule has 0 fully saturated rings. The van der Waals surface area contributed by atoms with Crippen LogP contribution in [0.25, 0.3) is 0 Å². The predicted octanol–water partition coefficient (Wildman–Crippen LogP) is 2.74. The van der Waals surface area contributed by atoms with Crippen molar-refractivity contribution in [3.05, 3.63) is 27.7 Å². The van der Waals surface area contributed by atoms with E-state index in [2.05, 4.69) is 36.2 Å². The highest BCUT2D eigenvalue weighted by atomic mass is 32.2. The molecule has 0 aliphatic heterocycles. The van der Waals surface area contributed by atoms with Gasteiger partial charge in [-0.3, -0.25) is 9.36 Å². The van der Waals surface area contributed by atoms with E-state index in [0.717, 1.165) is 5.82 Å². The molecule has 7 heteroatoms. The third kappa shape index (κ3) is 3.16. The van der Waals surface area contributed by atoms with Gasteiger partial charge in [-0.2, -0.15) is 0 Å². The summed E-state index contributed by atoms with van der Waals surface area (Å²) in [7, 11) is 0. The lowest BCUT2D eigenvalue weighted by Crippen LogP contribution is -2.10. The fourth-order valence-electron chi connectivity index (χ4n) is 1.83. The summed E-state index contributed by atoms with van der Waals surface area (Å²) in [4.78, 5) is 13.1. The molecule has 2 aromatic heterocycles. The molecule has 2 rings (SSSR count). The zero-order valence-corrected chi connectivity index (χ0v) is 12.6. The molecule has 0 aliphatic rings. The number of carboxylic acid groups (broad SMARTS) is 1. The molecule has 0 saturated heterocycles. The number of carbonyl (C=O) groups is 1. The predicted molar refractivity (Wildman–Crippen MR) is 76.0 cm³/mol. The molecule has 1 atom stereocenters. The van der Waals surface area contributed by atoms with Crippen LogP contribution < -0.4 is 0 Å². The van der Waals surface area contributed by atoms with Gasteiger partial charge in [0, 0.05) is 9.75 Å². The first-order valence-electron chi connectivity index (χ1n) is 5.81. The van der Waals surface area contributed by atoms with Crippen LogP contribution in [0.15, 0.2) is 17.3 Å². The van der Waals surface area contributed by atoms with Crippen molar-refractivity contribution in [1.29, 1.82) is 0 Å². The number of aromatic nitrogens is 3. The number of aryl methyl sites for hydroxylation is 2. The van der Waals surface area contributed by atoms with Crippen molar-refractivity contribution in [2.24, 2.45) is 0 Å². The second-order valence-corrected chi connectivity index (χ2v) is 6.47. The lowest BCUT2D eigenvalue weighted by molar-refractivity contribution is -0.133. The van der Waals surface area contributed by atoms with Gasteiger partial charge in [-0.25, -0.2) is 0 Å². The van der Waals surface area contributed by atoms with Gasteiger partial charge >= 0.3 is 5.97 Å². The van der Waals surface area contributed by atoms with Gasteiger partial charge in [0.25, 0.3) is 0 Å². The quantitative estimate of drug-likeness (QED) is 0.859. The number of carboxylic acids is 1. The molecule has 19 heavy (non-hydrogen) atoms. The molecule has 0 radical (unpaired) electrons. The normalized spacial score (nSPS) is 12.6. The van der Waals surface area contributed by atoms with Crippen molar-refractivity contribution in [3.8, 4) is 0 Å². The van der Waals surface area contributed by atoms with Crippen LogP contribution in [0.2, 0.25) is 0 Å². The van der Waals surface area contributed by atoms with E-state index in [0.29, 0.717) is 5.16 Å². The molecule has 0 spiro atoms. The van der Waals surface area contributed by atoms with Gasteiger partial charge in [0.15, 0.2) is 5.16 Å². The largest absolute Gasteiger partial charge is 0.481 e. The van der Waals surface area contributed by atoms with Gasteiger partial charge in [0.2, 0.25) is 0 Å². The Bertz CT molecular complexity index is 592. The number of thioether (sulfide) groups is 1. The number of rotatable bonds is 5. The van der Waals surface area contributed by atoms with Gasteiger partial charge in [-0.1, -0.05) is 11.8 Å². The summed E-state index contributed by atoms with van der Waals surface area (Å²) >= 11 is 2.93. The fraction of sp³-hybridized carbons (Fsp3) is 0.417. The summed E-state index contributed by atoms with van der Waals surface area (Å²) < 4.78 is 1.98. The lowest BCUT2D eigenvalue weighted by Gasteiger charge is -2.15. The number of thiophene rings is 1. The van der Waals surface area contributed by atoms with Crippen LogP contribution >= 0.6 is 23.1 Å². The minimum Gasteiger partial charge on any atom is -0.481 e. The van der Waals surface area contributed by atoms with Crippen molar-refractivity contribution in [3.63, 3.8) is 0 Å². The maximum absolute atomic E-state index is 10.7. The fourth-order valence-corrected chi connectivity index (χ4v) is 3.53. The highest BCUT2D eigenvalue weighted by Crippen LogP contribution is 2.30. The Balaban J connectivity index is 2.27. The Morgan fingerprint density at radius 1 is 1.47 bits per heavy atom. The summed E-state index contributed by atoms with van der Waals surface area (Å²) in [5.41, 5.74) is 0.